The van der Waals surface area contributed by atoms with Crippen LogP contribution >= 0.6 is 0 Å². The second kappa shape index (κ2) is 8.97. The first-order valence-electron chi connectivity index (χ1n) is 12.8. The first-order valence-corrected chi connectivity index (χ1v) is 16.3. The molecule has 0 amide bonds. The fourth-order valence-corrected chi connectivity index (χ4v) is 6.91. The van der Waals surface area contributed by atoms with Gasteiger partial charge in [-0.05, 0) is 81.2 Å². The van der Waals surface area contributed by atoms with Gasteiger partial charge in [-0.25, -0.2) is 0 Å². The summed E-state index contributed by atoms with van der Waals surface area (Å²) >= 11 is 0. The van der Waals surface area contributed by atoms with Crippen LogP contribution in [0.3, 0.4) is 0 Å². The maximum atomic E-state index is 3.55. The molecule has 0 aromatic heterocycles. The summed E-state index contributed by atoms with van der Waals surface area (Å²) in [6.45, 7) is 9.48. The number of hydrogen-bond donors (Lipinski definition) is 0. The summed E-state index contributed by atoms with van der Waals surface area (Å²) in [5, 5.41) is 9.22. The van der Waals surface area contributed by atoms with Gasteiger partial charge in [-0.1, -0.05) is 109 Å². The molecule has 0 saturated carbocycles. The molecular weight excluding hydrogens is 460 g/mol. The lowest BCUT2D eigenvalue weighted by Gasteiger charge is -2.23. The molecule has 0 heterocycles. The lowest BCUT2D eigenvalue weighted by atomic mass is 9.88. The van der Waals surface area contributed by atoms with Crippen molar-refractivity contribution in [2.75, 3.05) is 0 Å². The normalized spacial score (nSPS) is 11.4. The molecule has 37 heavy (non-hydrogen) atoms. The first-order chi connectivity index (χ1) is 17.9. The highest BCUT2D eigenvalue weighted by Gasteiger charge is 2.23. The highest BCUT2D eigenvalue weighted by atomic mass is 28.3. The van der Waals surface area contributed by atoms with Crippen LogP contribution in [-0.4, -0.2) is 8.07 Å². The van der Waals surface area contributed by atoms with Crippen LogP contribution in [0.2, 0.25) is 19.6 Å². The van der Waals surface area contributed by atoms with Gasteiger partial charge >= 0.3 is 0 Å². The van der Waals surface area contributed by atoms with E-state index >= 15 is 0 Å². The topological polar surface area (TPSA) is 0 Å². The third-order valence-electron chi connectivity index (χ3n) is 7.14. The minimum Gasteiger partial charge on any atom is -0.0656 e. The predicted octanol–water partition coefficient (Wildman–Crippen LogP) is 8.24. The number of benzene rings is 6. The molecule has 0 bridgehead atoms. The molecule has 0 aliphatic rings. The molecule has 0 aliphatic carbocycles. The van der Waals surface area contributed by atoms with Crippen LogP contribution in [0, 0.1) is 30.6 Å². The largest absolute Gasteiger partial charge is 0.0784 e. The van der Waals surface area contributed by atoms with E-state index < -0.39 is 8.07 Å². The minimum atomic E-state index is -1.65. The van der Waals surface area contributed by atoms with E-state index in [9.17, 15) is 0 Å². The van der Waals surface area contributed by atoms with Gasteiger partial charge < -0.3 is 0 Å². The molecule has 6 aromatic carbocycles. The van der Waals surface area contributed by atoms with Crippen molar-refractivity contribution in [2.24, 2.45) is 0 Å². The maximum Gasteiger partial charge on any atom is 0.0784 e. The van der Waals surface area contributed by atoms with Gasteiger partial charge in [0, 0.05) is 22.3 Å². The Labute approximate surface area is 220 Å². The van der Waals surface area contributed by atoms with E-state index in [1.807, 2.05) is 36.4 Å². The molecule has 0 saturated heterocycles. The number of hydrogen-bond acceptors (Lipinski definition) is 0. The van der Waals surface area contributed by atoms with Crippen molar-refractivity contribution in [3.8, 4) is 23.7 Å². The fraction of sp³-hybridized carbons (Fsp3) is 0.111. The van der Waals surface area contributed by atoms with Crippen LogP contribution in [0.25, 0.3) is 32.3 Å². The third kappa shape index (κ3) is 4.19. The van der Waals surface area contributed by atoms with Gasteiger partial charge in [0.05, 0.1) is 8.07 Å². The van der Waals surface area contributed by atoms with Crippen LogP contribution in [-0.2, 0) is 0 Å². The molecular formula is C36H28Si. The molecule has 0 spiro atoms. The second-order valence-electron chi connectivity index (χ2n) is 10.8. The summed E-state index contributed by atoms with van der Waals surface area (Å²) in [6.07, 6.45) is 0. The average molecular weight is 489 g/mol. The molecule has 0 N–H and O–H groups in total. The molecule has 1 heteroatoms. The standard InChI is InChI=1S/C36H28Si/c1-25-23-28(17-15-26-11-7-5-8-12-26)31-21-22-33-34(37(2,3)4)24-29(18-16-27-13-9-6-10-14-27)32-20-19-30(25)35(31)36(32)33/h5-14,19-24H,1-4H3. The zero-order chi connectivity index (χ0) is 25.6. The van der Waals surface area contributed by atoms with Gasteiger partial charge in [-0.3, -0.25) is 0 Å². The van der Waals surface area contributed by atoms with Gasteiger partial charge in [-0.15, -0.1) is 0 Å². The Hall–Kier alpha value is -4.30. The van der Waals surface area contributed by atoms with E-state index in [4.69, 9.17) is 0 Å². The SMILES string of the molecule is Cc1cc(C#Cc2ccccc2)c2ccc3c([Si](C)(C)C)cc(C#Cc4ccccc4)c4ccc1c2c43. The predicted molar refractivity (Wildman–Crippen MR) is 163 cm³/mol. The monoisotopic (exact) mass is 488 g/mol. The maximum absolute atomic E-state index is 3.55. The number of aryl methyl sites for hydroxylation is 1. The van der Waals surface area contributed by atoms with Gasteiger partial charge in [0.1, 0.15) is 0 Å². The molecule has 0 fully saturated rings. The van der Waals surface area contributed by atoms with E-state index in [0.717, 1.165) is 22.3 Å². The van der Waals surface area contributed by atoms with Crippen LogP contribution in [0.4, 0.5) is 0 Å². The van der Waals surface area contributed by atoms with Crippen LogP contribution < -0.4 is 5.19 Å². The molecule has 0 unspecified atom stereocenters. The molecule has 176 valence electrons. The second-order valence-corrected chi connectivity index (χ2v) is 15.8. The first kappa shape index (κ1) is 23.1. The van der Waals surface area contributed by atoms with Crippen molar-refractivity contribution >= 4 is 45.6 Å². The van der Waals surface area contributed by atoms with Crippen molar-refractivity contribution in [3.63, 3.8) is 0 Å². The summed E-state index contributed by atoms with van der Waals surface area (Å²) in [5.74, 6) is 13.8. The Balaban J connectivity index is 1.69. The Morgan fingerprint density at radius 1 is 0.486 bits per heavy atom. The fourth-order valence-electron chi connectivity index (χ4n) is 5.32. The summed E-state index contributed by atoms with van der Waals surface area (Å²) < 4.78 is 0. The smallest absolute Gasteiger partial charge is 0.0656 e. The van der Waals surface area contributed by atoms with E-state index in [2.05, 4.69) is 111 Å². The van der Waals surface area contributed by atoms with Gasteiger partial charge in [-0.2, -0.15) is 0 Å². The summed E-state index contributed by atoms with van der Waals surface area (Å²) in [4.78, 5) is 0. The van der Waals surface area contributed by atoms with E-state index in [0.29, 0.717) is 0 Å². The van der Waals surface area contributed by atoms with E-state index in [-0.39, 0.29) is 0 Å². The summed E-state index contributed by atoms with van der Waals surface area (Å²) in [5.41, 5.74) is 5.53. The third-order valence-corrected chi connectivity index (χ3v) is 9.17. The Morgan fingerprint density at radius 2 is 0.946 bits per heavy atom. The van der Waals surface area contributed by atoms with Gasteiger partial charge in [0.25, 0.3) is 0 Å². The molecule has 6 rings (SSSR count). The number of rotatable bonds is 1. The molecule has 0 atom stereocenters. The van der Waals surface area contributed by atoms with Crippen molar-refractivity contribution in [2.45, 2.75) is 26.6 Å². The van der Waals surface area contributed by atoms with E-state index in [1.165, 1.54) is 43.1 Å². The van der Waals surface area contributed by atoms with Crippen molar-refractivity contribution < 1.29 is 0 Å². The Kier molecular flexibility index (Phi) is 5.61. The zero-order valence-electron chi connectivity index (χ0n) is 21.7. The van der Waals surface area contributed by atoms with Crippen LogP contribution in [0.1, 0.15) is 27.8 Å². The Bertz CT molecular complexity index is 1900. The molecule has 0 nitrogen and oxygen atoms in total. The lowest BCUT2D eigenvalue weighted by Crippen LogP contribution is -2.38. The molecule has 0 aliphatic heterocycles. The van der Waals surface area contributed by atoms with Crippen molar-refractivity contribution in [1.29, 1.82) is 0 Å². The van der Waals surface area contributed by atoms with Crippen molar-refractivity contribution in [3.05, 3.63) is 125 Å². The van der Waals surface area contributed by atoms with Crippen molar-refractivity contribution in [1.82, 2.24) is 0 Å². The average Bonchev–Trinajstić information content (AvgIpc) is 2.91. The van der Waals surface area contributed by atoms with Gasteiger partial charge in [0.15, 0.2) is 0 Å². The van der Waals surface area contributed by atoms with Crippen LogP contribution in [0.5, 0.6) is 0 Å². The summed E-state index contributed by atoms with van der Waals surface area (Å²) in [7, 11) is -1.65. The highest BCUT2D eigenvalue weighted by molar-refractivity contribution is 6.90. The Morgan fingerprint density at radius 3 is 1.49 bits per heavy atom. The van der Waals surface area contributed by atoms with E-state index in [1.54, 1.807) is 0 Å². The zero-order valence-corrected chi connectivity index (χ0v) is 22.7. The quantitative estimate of drug-likeness (QED) is 0.124. The minimum absolute atomic E-state index is 1.03. The lowest BCUT2D eigenvalue weighted by molar-refractivity contribution is 1.53. The molecule has 6 aromatic rings. The molecule has 0 radical (unpaired) electrons. The summed E-state index contributed by atoms with van der Waals surface area (Å²) in [6, 6.07) is 34.3. The highest BCUT2D eigenvalue weighted by Crippen LogP contribution is 2.38. The van der Waals surface area contributed by atoms with Crippen LogP contribution in [0.15, 0.2) is 97.1 Å². The van der Waals surface area contributed by atoms with Gasteiger partial charge in [0.2, 0.25) is 0 Å².